The van der Waals surface area contributed by atoms with Crippen molar-refractivity contribution >= 4 is 17.0 Å². The number of oxazole rings is 1. The summed E-state index contributed by atoms with van der Waals surface area (Å²) in [5.74, 6) is 0.217. The molecule has 1 aromatic carbocycles. The summed E-state index contributed by atoms with van der Waals surface area (Å²) in [4.78, 5) is 17.4. The predicted octanol–water partition coefficient (Wildman–Crippen LogP) is 0.414. The molecule has 3 N–H and O–H groups in total. The van der Waals surface area contributed by atoms with Gasteiger partial charge in [-0.15, -0.1) is 0 Å². The number of amides is 1. The van der Waals surface area contributed by atoms with Gasteiger partial charge in [-0.3, -0.25) is 4.79 Å². The Balaban J connectivity index is 2.14. The fourth-order valence-electron chi connectivity index (χ4n) is 1.89. The van der Waals surface area contributed by atoms with E-state index in [1.165, 1.54) is 4.90 Å². The van der Waals surface area contributed by atoms with Crippen LogP contribution in [-0.2, 0) is 11.3 Å². The lowest BCUT2D eigenvalue weighted by molar-refractivity contribution is -0.138. The smallest absolute Gasteiger partial charge is 0.252 e. The first-order chi connectivity index (χ1) is 9.01. The minimum atomic E-state index is -1.15. The van der Waals surface area contributed by atoms with Crippen molar-refractivity contribution in [3.05, 3.63) is 29.7 Å². The number of hydrogen-bond acceptors (Lipinski definition) is 5. The van der Waals surface area contributed by atoms with Gasteiger partial charge >= 0.3 is 0 Å². The van der Waals surface area contributed by atoms with Crippen molar-refractivity contribution < 1.29 is 14.3 Å². The van der Waals surface area contributed by atoms with E-state index in [0.717, 1.165) is 16.7 Å². The van der Waals surface area contributed by atoms with Crippen molar-refractivity contribution in [3.8, 4) is 0 Å². The van der Waals surface area contributed by atoms with Crippen LogP contribution < -0.4 is 5.73 Å². The van der Waals surface area contributed by atoms with Gasteiger partial charge in [0.2, 0.25) is 0 Å². The number of aliphatic hydroxyl groups is 1. The molecule has 19 heavy (non-hydrogen) atoms. The Morgan fingerprint density at radius 3 is 3.00 bits per heavy atom. The van der Waals surface area contributed by atoms with Gasteiger partial charge < -0.3 is 20.2 Å². The Labute approximate surface area is 110 Å². The van der Waals surface area contributed by atoms with Gasteiger partial charge in [-0.25, -0.2) is 4.98 Å². The molecule has 0 aliphatic heterocycles. The number of benzene rings is 1. The normalized spacial score (nSPS) is 12.6. The average Bonchev–Trinajstić information content (AvgIpc) is 2.76. The Bertz CT molecular complexity index is 594. The third kappa shape index (κ3) is 2.91. The van der Waals surface area contributed by atoms with Crippen LogP contribution in [0.1, 0.15) is 11.5 Å². The maximum Gasteiger partial charge on any atom is 0.252 e. The van der Waals surface area contributed by atoms with Crippen LogP contribution >= 0.6 is 0 Å². The third-order valence-electron chi connectivity index (χ3n) is 2.86. The number of carbonyl (C=O) groups excluding carboxylic acids is 1. The Hall–Kier alpha value is -1.92. The maximum absolute atomic E-state index is 11.7. The molecule has 1 unspecified atom stereocenters. The summed E-state index contributed by atoms with van der Waals surface area (Å²) < 4.78 is 5.38. The molecule has 0 saturated carbocycles. The summed E-state index contributed by atoms with van der Waals surface area (Å²) in [5.41, 5.74) is 7.66. The van der Waals surface area contributed by atoms with Gasteiger partial charge in [-0.05, 0) is 17.7 Å². The first-order valence-electron chi connectivity index (χ1n) is 6.00. The molecule has 1 amide bonds. The second-order valence-electron chi connectivity index (χ2n) is 4.48. The number of carbonyl (C=O) groups is 1. The molecule has 0 radical (unpaired) electrons. The van der Waals surface area contributed by atoms with Crippen LogP contribution in [0.5, 0.6) is 0 Å². The van der Waals surface area contributed by atoms with Crippen molar-refractivity contribution in [2.24, 2.45) is 5.73 Å². The van der Waals surface area contributed by atoms with E-state index in [1.54, 1.807) is 14.0 Å². The zero-order valence-electron chi connectivity index (χ0n) is 11.0. The molecule has 0 spiro atoms. The lowest BCUT2D eigenvalue weighted by Gasteiger charge is -2.19. The molecular weight excluding hydrogens is 246 g/mol. The highest BCUT2D eigenvalue weighted by molar-refractivity contribution is 5.81. The first-order valence-corrected chi connectivity index (χ1v) is 6.00. The second-order valence-corrected chi connectivity index (χ2v) is 4.48. The Morgan fingerprint density at radius 2 is 2.32 bits per heavy atom. The molecule has 2 rings (SSSR count). The minimum Gasteiger partial charge on any atom is -0.441 e. The van der Waals surface area contributed by atoms with E-state index in [4.69, 9.17) is 10.2 Å². The third-order valence-corrected chi connectivity index (χ3v) is 2.86. The van der Waals surface area contributed by atoms with Crippen LogP contribution in [-0.4, -0.2) is 40.6 Å². The summed E-state index contributed by atoms with van der Waals surface area (Å²) in [6.07, 6.45) is -1.15. The molecule has 1 heterocycles. The molecule has 102 valence electrons. The number of nitrogens with two attached hydrogens (primary N) is 1. The van der Waals surface area contributed by atoms with Crippen LogP contribution in [0.25, 0.3) is 11.1 Å². The van der Waals surface area contributed by atoms with Crippen molar-refractivity contribution in [2.75, 3.05) is 13.6 Å². The molecule has 0 saturated heterocycles. The van der Waals surface area contributed by atoms with Gasteiger partial charge in [0.15, 0.2) is 11.5 Å². The fourth-order valence-corrected chi connectivity index (χ4v) is 1.89. The molecule has 1 aromatic heterocycles. The van der Waals surface area contributed by atoms with Gasteiger partial charge in [0, 0.05) is 27.1 Å². The van der Waals surface area contributed by atoms with E-state index in [-0.39, 0.29) is 12.5 Å². The average molecular weight is 263 g/mol. The van der Waals surface area contributed by atoms with E-state index in [2.05, 4.69) is 4.98 Å². The Morgan fingerprint density at radius 1 is 1.58 bits per heavy atom. The van der Waals surface area contributed by atoms with Gasteiger partial charge in [0.25, 0.3) is 5.91 Å². The molecule has 1 atom stereocenters. The Kier molecular flexibility index (Phi) is 3.82. The number of nitrogens with zero attached hydrogens (tertiary/aromatic N) is 2. The number of aryl methyl sites for hydroxylation is 1. The molecule has 0 aliphatic rings. The standard InChI is InChI=1S/C13H17N3O3/c1-8-15-10-5-9(3-4-12(10)19-8)7-16(2)13(18)11(17)6-14/h3-5,11,17H,6-7,14H2,1-2H3. The van der Waals surface area contributed by atoms with Crippen molar-refractivity contribution in [2.45, 2.75) is 19.6 Å². The summed E-state index contributed by atoms with van der Waals surface area (Å²) in [6.45, 7) is 2.09. The van der Waals surface area contributed by atoms with Crippen LogP contribution in [0.2, 0.25) is 0 Å². The number of likely N-dealkylation sites (N-methyl/N-ethyl adjacent to an activating group) is 1. The summed E-state index contributed by atoms with van der Waals surface area (Å²) in [5, 5.41) is 9.41. The number of fused-ring (bicyclic) bond motifs is 1. The molecule has 2 aromatic rings. The number of aliphatic hydroxyl groups excluding tert-OH is 1. The maximum atomic E-state index is 11.7. The fraction of sp³-hybridized carbons (Fsp3) is 0.385. The summed E-state index contributed by atoms with van der Waals surface area (Å²) in [7, 11) is 1.62. The highest BCUT2D eigenvalue weighted by Crippen LogP contribution is 2.17. The van der Waals surface area contributed by atoms with Gasteiger partial charge in [-0.2, -0.15) is 0 Å². The van der Waals surface area contributed by atoms with E-state index >= 15 is 0 Å². The van der Waals surface area contributed by atoms with E-state index < -0.39 is 6.10 Å². The molecular formula is C13H17N3O3. The zero-order chi connectivity index (χ0) is 14.0. The SMILES string of the molecule is Cc1nc2cc(CN(C)C(=O)C(O)CN)ccc2o1. The van der Waals surface area contributed by atoms with Crippen molar-refractivity contribution in [3.63, 3.8) is 0 Å². The second kappa shape index (κ2) is 5.38. The highest BCUT2D eigenvalue weighted by Gasteiger charge is 2.18. The van der Waals surface area contributed by atoms with Crippen molar-refractivity contribution in [1.29, 1.82) is 0 Å². The molecule has 0 fully saturated rings. The van der Waals surface area contributed by atoms with Crippen molar-refractivity contribution in [1.82, 2.24) is 9.88 Å². The number of rotatable bonds is 4. The minimum absolute atomic E-state index is 0.0787. The highest BCUT2D eigenvalue weighted by atomic mass is 16.3. The van der Waals surface area contributed by atoms with E-state index in [1.807, 2.05) is 18.2 Å². The number of hydrogen-bond donors (Lipinski definition) is 2. The topological polar surface area (TPSA) is 92.6 Å². The van der Waals surface area contributed by atoms with Gasteiger partial charge in [-0.1, -0.05) is 6.07 Å². The zero-order valence-corrected chi connectivity index (χ0v) is 11.0. The molecule has 0 bridgehead atoms. The largest absolute Gasteiger partial charge is 0.441 e. The van der Waals surface area contributed by atoms with Crippen LogP contribution in [0, 0.1) is 6.92 Å². The monoisotopic (exact) mass is 263 g/mol. The summed E-state index contributed by atoms with van der Waals surface area (Å²) >= 11 is 0. The summed E-state index contributed by atoms with van der Waals surface area (Å²) in [6, 6.07) is 5.55. The molecule has 0 aliphatic carbocycles. The lowest BCUT2D eigenvalue weighted by atomic mass is 10.2. The first kappa shape index (κ1) is 13.5. The predicted molar refractivity (Wildman–Crippen MR) is 70.3 cm³/mol. The quantitative estimate of drug-likeness (QED) is 0.833. The van der Waals surface area contributed by atoms with Crippen LogP contribution in [0.3, 0.4) is 0 Å². The van der Waals surface area contributed by atoms with Crippen LogP contribution in [0.4, 0.5) is 0 Å². The molecule has 6 heteroatoms. The number of aromatic nitrogens is 1. The van der Waals surface area contributed by atoms with E-state index in [0.29, 0.717) is 12.4 Å². The molecule has 6 nitrogen and oxygen atoms in total. The van der Waals surface area contributed by atoms with Gasteiger partial charge in [0.05, 0.1) is 0 Å². The lowest BCUT2D eigenvalue weighted by Crippen LogP contribution is -2.40. The van der Waals surface area contributed by atoms with Crippen LogP contribution in [0.15, 0.2) is 22.6 Å². The van der Waals surface area contributed by atoms with Gasteiger partial charge in [0.1, 0.15) is 11.6 Å². The van der Waals surface area contributed by atoms with E-state index in [9.17, 15) is 9.90 Å².